The minimum atomic E-state index is -2.61. The third kappa shape index (κ3) is 4.57. The van der Waals surface area contributed by atoms with Gasteiger partial charge in [-0.15, -0.1) is 0 Å². The predicted octanol–water partition coefficient (Wildman–Crippen LogP) is 3.18. The van der Waals surface area contributed by atoms with Crippen LogP contribution in [-0.4, -0.2) is 59.9 Å². The van der Waals surface area contributed by atoms with Gasteiger partial charge in [-0.05, 0) is 39.8 Å². The van der Waals surface area contributed by atoms with E-state index < -0.39 is 5.92 Å². The fourth-order valence-electron chi connectivity index (χ4n) is 4.09. The predicted molar refractivity (Wildman–Crippen MR) is 99.0 cm³/mol. The summed E-state index contributed by atoms with van der Waals surface area (Å²) >= 11 is 0. The van der Waals surface area contributed by atoms with Crippen LogP contribution in [0.2, 0.25) is 0 Å². The number of ether oxygens (including phenoxy) is 1. The Morgan fingerprint density at radius 1 is 1.22 bits per heavy atom. The van der Waals surface area contributed by atoms with E-state index in [4.69, 9.17) is 4.74 Å². The van der Waals surface area contributed by atoms with Crippen LogP contribution in [0.25, 0.3) is 0 Å². The van der Waals surface area contributed by atoms with Crippen LogP contribution in [0.3, 0.4) is 0 Å². The topological polar surface area (TPSA) is 45.7 Å². The molecule has 1 amide bonds. The molecule has 0 aromatic carbocycles. The molecule has 1 aromatic heterocycles. The lowest BCUT2D eigenvalue weighted by atomic mass is 9.93. The zero-order valence-corrected chi connectivity index (χ0v) is 16.4. The molecule has 0 bridgehead atoms. The average molecular weight is 381 g/mol. The van der Waals surface area contributed by atoms with Crippen molar-refractivity contribution in [1.29, 1.82) is 0 Å². The summed E-state index contributed by atoms with van der Waals surface area (Å²) in [4.78, 5) is 21.1. The number of aromatic nitrogens is 1. The number of pyridine rings is 1. The highest BCUT2D eigenvalue weighted by molar-refractivity contribution is 5.79. The Kier molecular flexibility index (Phi) is 5.99. The number of piperidine rings is 2. The van der Waals surface area contributed by atoms with Crippen molar-refractivity contribution in [2.45, 2.75) is 52.0 Å². The third-order valence-electron chi connectivity index (χ3n) is 5.87. The molecule has 5 nitrogen and oxygen atoms in total. The van der Waals surface area contributed by atoms with Crippen LogP contribution in [0.15, 0.2) is 6.20 Å². The molecule has 2 fully saturated rings. The summed E-state index contributed by atoms with van der Waals surface area (Å²) in [6, 6.07) is 0. The van der Waals surface area contributed by atoms with Gasteiger partial charge in [0.05, 0.1) is 12.8 Å². The molecular weight excluding hydrogens is 352 g/mol. The van der Waals surface area contributed by atoms with Crippen LogP contribution in [0, 0.1) is 19.8 Å². The molecule has 0 N–H and O–H groups in total. The van der Waals surface area contributed by atoms with E-state index in [1.807, 2.05) is 20.0 Å². The van der Waals surface area contributed by atoms with Crippen molar-refractivity contribution >= 4 is 5.91 Å². The quantitative estimate of drug-likeness (QED) is 0.804. The van der Waals surface area contributed by atoms with Crippen LogP contribution in [0.1, 0.15) is 42.5 Å². The van der Waals surface area contributed by atoms with Gasteiger partial charge in [0.2, 0.25) is 5.91 Å². The van der Waals surface area contributed by atoms with Crippen LogP contribution in [-0.2, 0) is 11.3 Å². The van der Waals surface area contributed by atoms with Gasteiger partial charge in [-0.2, -0.15) is 0 Å². The first-order valence-corrected chi connectivity index (χ1v) is 9.69. The maximum atomic E-state index is 13.3. The fraction of sp³-hybridized carbons (Fsp3) is 0.700. The van der Waals surface area contributed by atoms with Gasteiger partial charge < -0.3 is 9.64 Å². The van der Waals surface area contributed by atoms with Gasteiger partial charge in [-0.1, -0.05) is 0 Å². The van der Waals surface area contributed by atoms with Crippen molar-refractivity contribution in [3.63, 3.8) is 0 Å². The number of rotatable bonds is 4. The number of likely N-dealkylation sites (tertiary alicyclic amines) is 2. The van der Waals surface area contributed by atoms with Gasteiger partial charge in [0.15, 0.2) is 0 Å². The van der Waals surface area contributed by atoms with E-state index >= 15 is 0 Å². The monoisotopic (exact) mass is 381 g/mol. The molecule has 0 unspecified atom stereocenters. The third-order valence-corrected chi connectivity index (χ3v) is 5.87. The largest absolute Gasteiger partial charge is 0.496 e. The van der Waals surface area contributed by atoms with Crippen LogP contribution < -0.4 is 4.74 Å². The molecule has 0 aliphatic carbocycles. The highest BCUT2D eigenvalue weighted by atomic mass is 19.3. The second-order valence-corrected chi connectivity index (χ2v) is 7.78. The van der Waals surface area contributed by atoms with E-state index in [9.17, 15) is 13.6 Å². The van der Waals surface area contributed by atoms with Crippen molar-refractivity contribution in [3.8, 4) is 5.75 Å². The molecule has 3 rings (SSSR count). The minimum absolute atomic E-state index is 0.0467. The molecule has 1 aromatic rings. The Hall–Kier alpha value is -1.76. The lowest BCUT2D eigenvalue weighted by Gasteiger charge is -2.37. The molecule has 3 heterocycles. The summed E-state index contributed by atoms with van der Waals surface area (Å²) in [5.74, 6) is -1.72. The molecular formula is C20H29F2N3O2. The fourth-order valence-corrected chi connectivity index (χ4v) is 4.09. The summed E-state index contributed by atoms with van der Waals surface area (Å²) in [5, 5.41) is 0. The second-order valence-electron chi connectivity index (χ2n) is 7.78. The first-order chi connectivity index (χ1) is 12.8. The zero-order valence-electron chi connectivity index (χ0n) is 16.4. The average Bonchev–Trinajstić information content (AvgIpc) is 2.64. The maximum Gasteiger partial charge on any atom is 0.251 e. The highest BCUT2D eigenvalue weighted by Gasteiger charge is 2.37. The van der Waals surface area contributed by atoms with Crippen molar-refractivity contribution in [1.82, 2.24) is 14.8 Å². The molecule has 2 aliphatic rings. The first-order valence-electron chi connectivity index (χ1n) is 9.69. The Morgan fingerprint density at radius 3 is 2.44 bits per heavy atom. The zero-order chi connectivity index (χ0) is 19.6. The highest BCUT2D eigenvalue weighted by Crippen LogP contribution is 2.30. The Morgan fingerprint density at radius 2 is 1.85 bits per heavy atom. The summed E-state index contributed by atoms with van der Waals surface area (Å²) in [7, 11) is 1.67. The van der Waals surface area contributed by atoms with Gasteiger partial charge in [-0.25, -0.2) is 8.78 Å². The van der Waals surface area contributed by atoms with Gasteiger partial charge in [0.25, 0.3) is 5.92 Å². The van der Waals surface area contributed by atoms with E-state index in [0.717, 1.165) is 55.0 Å². The lowest BCUT2D eigenvalue weighted by Crippen LogP contribution is -2.47. The number of alkyl halides is 2. The number of amides is 1. The van der Waals surface area contributed by atoms with Crippen LogP contribution >= 0.6 is 0 Å². The molecule has 150 valence electrons. The summed E-state index contributed by atoms with van der Waals surface area (Å²) in [5.41, 5.74) is 3.08. The Labute approximate surface area is 159 Å². The molecule has 7 heteroatoms. The van der Waals surface area contributed by atoms with Crippen LogP contribution in [0.5, 0.6) is 5.75 Å². The van der Waals surface area contributed by atoms with Crippen molar-refractivity contribution < 1.29 is 18.3 Å². The number of methoxy groups -OCH3 is 1. The summed E-state index contributed by atoms with van der Waals surface area (Å²) < 4.78 is 32.1. The molecule has 2 aliphatic heterocycles. The van der Waals surface area contributed by atoms with Gasteiger partial charge in [0, 0.05) is 55.7 Å². The van der Waals surface area contributed by atoms with Gasteiger partial charge in [-0.3, -0.25) is 14.7 Å². The number of carbonyl (C=O) groups excluding carboxylic acids is 1. The van der Waals surface area contributed by atoms with E-state index in [2.05, 4.69) is 9.88 Å². The van der Waals surface area contributed by atoms with Crippen molar-refractivity contribution in [2.75, 3.05) is 33.3 Å². The molecule has 0 radical (unpaired) electrons. The first kappa shape index (κ1) is 20.0. The lowest BCUT2D eigenvalue weighted by molar-refractivity contribution is -0.143. The number of carbonyl (C=O) groups is 1. The number of nitrogens with zero attached hydrogens (tertiary/aromatic N) is 3. The normalized spacial score (nSPS) is 21.3. The smallest absolute Gasteiger partial charge is 0.251 e. The Bertz CT molecular complexity index is 678. The standard InChI is InChI=1S/C20H29F2N3O2/c1-14-12-23-17(15(2)18(14)27-3)13-24-8-4-16(5-9-24)19(26)25-10-6-20(21,22)7-11-25/h12,16H,4-11,13H2,1-3H3. The van der Waals surface area contributed by atoms with Crippen molar-refractivity contribution in [2.24, 2.45) is 5.92 Å². The van der Waals surface area contributed by atoms with Gasteiger partial charge >= 0.3 is 0 Å². The molecule has 27 heavy (non-hydrogen) atoms. The minimum Gasteiger partial charge on any atom is -0.496 e. The van der Waals surface area contributed by atoms with E-state index in [1.54, 1.807) is 12.0 Å². The summed E-state index contributed by atoms with van der Waals surface area (Å²) in [6.07, 6.45) is 2.96. The number of halogens is 2. The SMILES string of the molecule is COc1c(C)cnc(CN2CCC(C(=O)N3CCC(F)(F)CC3)CC2)c1C. The van der Waals surface area contributed by atoms with Gasteiger partial charge in [0.1, 0.15) is 5.75 Å². The molecule has 2 saturated heterocycles. The van der Waals surface area contributed by atoms with E-state index in [0.29, 0.717) is 0 Å². The molecule has 0 atom stereocenters. The maximum absolute atomic E-state index is 13.3. The van der Waals surface area contributed by atoms with E-state index in [-0.39, 0.29) is 37.8 Å². The molecule has 0 spiro atoms. The number of aryl methyl sites for hydroxylation is 1. The van der Waals surface area contributed by atoms with E-state index in [1.165, 1.54) is 0 Å². The number of hydrogen-bond acceptors (Lipinski definition) is 4. The summed E-state index contributed by atoms with van der Waals surface area (Å²) in [6.45, 7) is 6.73. The van der Waals surface area contributed by atoms with Crippen LogP contribution in [0.4, 0.5) is 8.78 Å². The van der Waals surface area contributed by atoms with Crippen molar-refractivity contribution in [3.05, 3.63) is 23.0 Å². The Balaban J connectivity index is 1.53. The molecule has 0 saturated carbocycles. The number of hydrogen-bond donors (Lipinski definition) is 0. The second kappa shape index (κ2) is 8.09.